The number of hydrogen-bond acceptors (Lipinski definition) is 12. The Labute approximate surface area is 672 Å². The van der Waals surface area contributed by atoms with Crippen LogP contribution < -0.4 is 52.3 Å². The topological polar surface area (TPSA) is 194 Å². The summed E-state index contributed by atoms with van der Waals surface area (Å²) in [6.07, 6.45) is 0.0348. The first-order valence-corrected chi connectivity index (χ1v) is 41.1. The van der Waals surface area contributed by atoms with Crippen LogP contribution in [0, 0.1) is 0 Å². The van der Waals surface area contributed by atoms with Gasteiger partial charge in [0.15, 0.2) is 24.0 Å². The van der Waals surface area contributed by atoms with Crippen LogP contribution in [0.2, 0.25) is 20.1 Å². The Bertz CT molecular complexity index is 4520. The molecule has 0 aliphatic carbocycles. The van der Waals surface area contributed by atoms with E-state index in [1.165, 1.54) is 41.6 Å². The Kier molecular flexibility index (Phi) is 30.0. The molecule has 5 aliphatic heterocycles. The van der Waals surface area contributed by atoms with Crippen molar-refractivity contribution in [3.8, 4) is 0 Å². The fourth-order valence-electron chi connectivity index (χ4n) is 12.4. The van der Waals surface area contributed by atoms with E-state index in [4.69, 9.17) is 97.3 Å². The SMILES string of the molecule is C[C@]1(Cc2ccc(Br)cc2)NC(=NCC2OCCO2)N(c2cc(Cl)cc(Cl)c2)C1=O.C[C@]1(Cc2ccc(Br)cc2)NC(=S)N(c2cc(Cl)cc(Cl)c2)C1=O.[N-]=[N+]=NCC1OCCO1.c1ccc(P(=NCC2OCCO2)(c2ccccc2)c2ccccc2)cc1.c1ccc(P(c2ccccc2)c2ccccc2)cc1. The summed E-state index contributed by atoms with van der Waals surface area (Å²) in [5, 5.41) is 19.8. The fraction of sp³-hybridized carbons (Fsp3) is 0.220. The zero-order valence-electron chi connectivity index (χ0n) is 58.9. The van der Waals surface area contributed by atoms with Crippen molar-refractivity contribution >= 4 is 172 Å². The quantitative estimate of drug-likeness (QED) is 0.0273. The van der Waals surface area contributed by atoms with Crippen LogP contribution in [0.5, 0.6) is 0 Å². The summed E-state index contributed by atoms with van der Waals surface area (Å²) in [4.78, 5) is 36.7. The maximum absolute atomic E-state index is 13.6. The number of ether oxygens (including phenoxy) is 6. The molecule has 26 heteroatoms. The van der Waals surface area contributed by atoms with Crippen LogP contribution in [0.15, 0.2) is 291 Å². The van der Waals surface area contributed by atoms with E-state index >= 15 is 0 Å². The molecule has 2 atom stereocenters. The standard InChI is InChI=1S/C22H22NO2P.C21H20BrCl2N3O3.C18H15P.C17H13BrCl2N2OS.C4H7N3O2/c1-4-10-19(11-5-1)26(20-12-6-2-7-13-20,21-14-8-3-9-15-21)23-18-22-24-16-17-25-22;1-21(11-13-2-4-14(22)5-3-13)19(28)27(17-9-15(23)8-16(24)10-17)20(26-21)25-12-18-29-6-7-30-18;1-4-10-16(11-5-1)19(17-12-6-2-7-13-17)18-14-8-3-9-15-18;1-17(9-10-2-4-11(18)5-3-10)15(23)22(16(24)21-17)14-7-12(19)6-13(20)8-14;5-7-6-3-4-8-1-2-9-4/h1-15,22H,16-18H2;2-5,8-10,18H,6-7,11-12H2,1H3,(H,25,26);1-15H;2-8H,9H2,1H3,(H,21,24);4H,1-3H2/t;21-;;17-;/m.1.1./s1. The normalized spacial score (nSPS) is 18.2. The average Bonchev–Trinajstić information content (AvgIpc) is 1.27. The van der Waals surface area contributed by atoms with Crippen LogP contribution in [0.3, 0.4) is 0 Å². The second-order valence-corrected chi connectivity index (χ2v) is 34.5. The Morgan fingerprint density at radius 3 is 1.17 bits per heavy atom. The summed E-state index contributed by atoms with van der Waals surface area (Å²) < 4.78 is 39.5. The summed E-state index contributed by atoms with van der Waals surface area (Å²) in [6, 6.07) is 89.9. The predicted octanol–water partition coefficient (Wildman–Crippen LogP) is 17.1. The molecule has 0 bridgehead atoms. The lowest BCUT2D eigenvalue weighted by molar-refractivity contribution is -0.122. The fourth-order valence-corrected chi connectivity index (χ4v) is 20.2. The van der Waals surface area contributed by atoms with E-state index in [0.717, 1.165) is 20.1 Å². The van der Waals surface area contributed by atoms with Gasteiger partial charge in [-0.05, 0) is 127 Å². The minimum absolute atomic E-state index is 0.131. The van der Waals surface area contributed by atoms with Gasteiger partial charge in [-0.1, -0.05) is 290 Å². The molecule has 5 heterocycles. The number of aliphatic imine (C=N–C) groups is 1. The molecule has 0 spiro atoms. The van der Waals surface area contributed by atoms with E-state index in [2.05, 4.69) is 240 Å². The van der Waals surface area contributed by atoms with Gasteiger partial charge < -0.3 is 39.1 Å². The minimum atomic E-state index is -2.14. The van der Waals surface area contributed by atoms with E-state index in [0.29, 0.717) is 102 Å². The van der Waals surface area contributed by atoms with E-state index in [9.17, 15) is 9.59 Å². The van der Waals surface area contributed by atoms with Gasteiger partial charge in [-0.15, -0.1) is 0 Å². The molecule has 10 aromatic carbocycles. The first-order chi connectivity index (χ1) is 52.4. The molecular formula is C82H77Br2Cl4N9O8P2S. The number of benzene rings is 10. The zero-order chi connectivity index (χ0) is 75.9. The van der Waals surface area contributed by atoms with Crippen LogP contribution in [0.25, 0.3) is 10.4 Å². The molecule has 108 heavy (non-hydrogen) atoms. The maximum Gasteiger partial charge on any atom is 0.259 e. The molecule has 0 unspecified atom stereocenters. The number of hydrogen-bond donors (Lipinski definition) is 2. The number of amides is 2. The molecular weight excluding hydrogens is 1630 g/mol. The molecule has 5 aliphatic rings. The van der Waals surface area contributed by atoms with Crippen molar-refractivity contribution in [2.75, 3.05) is 69.1 Å². The van der Waals surface area contributed by atoms with Crippen LogP contribution in [-0.2, 0) is 50.9 Å². The lowest BCUT2D eigenvalue weighted by Gasteiger charge is -2.27. The Balaban J connectivity index is 0.000000139. The second kappa shape index (κ2) is 39.8. The number of halogens is 6. The van der Waals surface area contributed by atoms with Gasteiger partial charge in [-0.25, -0.2) is 9.89 Å². The van der Waals surface area contributed by atoms with E-state index in [-0.39, 0.29) is 37.5 Å². The molecule has 15 rings (SSSR count). The van der Waals surface area contributed by atoms with E-state index in [1.54, 1.807) is 36.4 Å². The largest absolute Gasteiger partial charge is 0.350 e. The van der Waals surface area contributed by atoms with Crippen molar-refractivity contribution in [3.63, 3.8) is 0 Å². The maximum atomic E-state index is 13.6. The molecule has 5 fully saturated rings. The molecule has 0 radical (unpaired) electrons. The van der Waals surface area contributed by atoms with Gasteiger partial charge in [0.2, 0.25) is 5.96 Å². The number of anilines is 2. The third-order valence-corrected chi connectivity index (χ3v) is 25.7. The number of nitrogens with zero attached hydrogens (tertiary/aromatic N) is 7. The molecule has 556 valence electrons. The minimum Gasteiger partial charge on any atom is -0.350 e. The lowest BCUT2D eigenvalue weighted by atomic mass is 9.93. The highest BCUT2D eigenvalue weighted by Crippen LogP contribution is 2.47. The molecule has 17 nitrogen and oxygen atoms in total. The molecule has 5 saturated heterocycles. The summed E-state index contributed by atoms with van der Waals surface area (Å²) in [7, 11) is -2.59. The number of nitrogens with one attached hydrogen (secondary N) is 2. The second-order valence-electron chi connectivity index (χ2n) is 25.3. The smallest absolute Gasteiger partial charge is 0.259 e. The number of thiocarbonyl (C=S) groups is 1. The number of azide groups is 1. The third kappa shape index (κ3) is 21.9. The highest BCUT2D eigenvalue weighted by Gasteiger charge is 2.48. The third-order valence-electron chi connectivity index (χ3n) is 17.3. The number of carbonyl (C=O) groups excluding carboxylic acids is 2. The lowest BCUT2D eigenvalue weighted by Crippen LogP contribution is -2.46. The van der Waals surface area contributed by atoms with E-state index in [1.807, 2.05) is 62.4 Å². The van der Waals surface area contributed by atoms with Crippen LogP contribution in [-0.4, -0.2) is 112 Å². The summed E-state index contributed by atoms with van der Waals surface area (Å²) in [6.45, 7) is 8.36. The molecule has 0 saturated carbocycles. The van der Waals surface area contributed by atoms with Crippen LogP contribution in [0.1, 0.15) is 25.0 Å². The first kappa shape index (κ1) is 81.3. The van der Waals surface area contributed by atoms with Gasteiger partial charge in [0.1, 0.15) is 11.1 Å². The van der Waals surface area contributed by atoms with Crippen molar-refractivity contribution in [1.82, 2.24) is 10.6 Å². The zero-order valence-corrected chi connectivity index (χ0v) is 67.7. The summed E-state index contributed by atoms with van der Waals surface area (Å²) >= 11 is 36.7. The van der Waals surface area contributed by atoms with Gasteiger partial charge in [0.25, 0.3) is 11.8 Å². The van der Waals surface area contributed by atoms with Gasteiger partial charge in [-0.3, -0.25) is 19.2 Å². The van der Waals surface area contributed by atoms with E-state index < -0.39 is 32.3 Å². The van der Waals surface area contributed by atoms with Crippen molar-refractivity contribution < 1.29 is 38.0 Å². The monoisotopic (exact) mass is 1710 g/mol. The molecule has 10 aromatic rings. The van der Waals surface area contributed by atoms with Crippen molar-refractivity contribution in [3.05, 3.63) is 318 Å². The number of guanidine groups is 1. The van der Waals surface area contributed by atoms with Crippen LogP contribution in [0.4, 0.5) is 11.4 Å². The number of rotatable bonds is 18. The van der Waals surface area contributed by atoms with Gasteiger partial charge in [-0.2, -0.15) is 0 Å². The Morgan fingerprint density at radius 1 is 0.472 bits per heavy atom. The predicted molar refractivity (Wildman–Crippen MR) is 450 cm³/mol. The Morgan fingerprint density at radius 2 is 0.796 bits per heavy atom. The van der Waals surface area contributed by atoms with Gasteiger partial charge in [0.05, 0.1) is 77.7 Å². The molecule has 2 N–H and O–H groups in total. The molecule has 0 aromatic heterocycles. The Hall–Kier alpha value is -7.65. The molecule has 2 amide bonds. The van der Waals surface area contributed by atoms with Gasteiger partial charge in [0, 0.05) is 62.7 Å². The number of carbonyl (C=O) groups is 2. The van der Waals surface area contributed by atoms with Crippen molar-refractivity contribution in [2.45, 2.75) is 56.6 Å². The van der Waals surface area contributed by atoms with Crippen molar-refractivity contribution in [2.24, 2.45) is 14.9 Å². The highest BCUT2D eigenvalue weighted by molar-refractivity contribution is 9.10. The van der Waals surface area contributed by atoms with Crippen LogP contribution >= 0.6 is 105 Å². The summed E-state index contributed by atoms with van der Waals surface area (Å²) in [5.41, 5.74) is 9.34. The van der Waals surface area contributed by atoms with Crippen molar-refractivity contribution in [1.29, 1.82) is 0 Å². The first-order valence-electron chi connectivity index (χ1n) is 34.6. The average molecular weight is 1710 g/mol. The van der Waals surface area contributed by atoms with Gasteiger partial charge >= 0.3 is 0 Å². The highest BCUT2D eigenvalue weighted by atomic mass is 79.9. The summed E-state index contributed by atoms with van der Waals surface area (Å²) in [5.74, 6) is 0.140.